The van der Waals surface area contributed by atoms with E-state index in [1.165, 1.54) is 0 Å². The van der Waals surface area contributed by atoms with Gasteiger partial charge >= 0.3 is 5.97 Å². The molecule has 0 spiro atoms. The lowest BCUT2D eigenvalue weighted by atomic mass is 10.2. The Morgan fingerprint density at radius 2 is 1.90 bits per heavy atom. The molecule has 5 heteroatoms. The van der Waals surface area contributed by atoms with Gasteiger partial charge in [-0.2, -0.15) is 0 Å². The van der Waals surface area contributed by atoms with Gasteiger partial charge in [-0.15, -0.1) is 0 Å². The van der Waals surface area contributed by atoms with Crippen molar-refractivity contribution >= 4 is 11.9 Å². The molecule has 110 valence electrons. The Hall–Kier alpha value is -2.56. The summed E-state index contributed by atoms with van der Waals surface area (Å²) < 4.78 is 10.3. The van der Waals surface area contributed by atoms with Crippen LogP contribution in [-0.4, -0.2) is 18.4 Å². The topological polar surface area (TPSA) is 68.5 Å². The molecule has 2 rings (SSSR count). The third-order valence-corrected chi connectivity index (χ3v) is 2.92. The van der Waals surface area contributed by atoms with Crippen LogP contribution in [0.15, 0.2) is 40.8 Å². The van der Waals surface area contributed by atoms with Crippen LogP contribution in [0.1, 0.15) is 27.4 Å². The Morgan fingerprint density at radius 1 is 1.19 bits per heavy atom. The molecule has 1 amide bonds. The Balaban J connectivity index is 1.79. The Morgan fingerprint density at radius 3 is 2.52 bits per heavy atom. The summed E-state index contributed by atoms with van der Waals surface area (Å²) in [4.78, 5) is 23.5. The molecule has 1 N–H and O–H groups in total. The monoisotopic (exact) mass is 287 g/mol. The number of furan rings is 1. The van der Waals surface area contributed by atoms with E-state index >= 15 is 0 Å². The highest BCUT2D eigenvalue weighted by molar-refractivity contribution is 5.96. The second kappa shape index (κ2) is 6.74. The lowest BCUT2D eigenvalue weighted by Crippen LogP contribution is -2.30. The summed E-state index contributed by atoms with van der Waals surface area (Å²) in [5.41, 5.74) is 1.34. The maximum atomic E-state index is 11.9. The maximum Gasteiger partial charge on any atom is 0.325 e. The summed E-state index contributed by atoms with van der Waals surface area (Å²) in [6, 6.07) is 11.0. The first-order chi connectivity index (χ1) is 10.1. The van der Waals surface area contributed by atoms with Crippen LogP contribution < -0.4 is 5.32 Å². The highest BCUT2D eigenvalue weighted by Crippen LogP contribution is 2.13. The molecular formula is C16H17NO4. The molecule has 0 aliphatic carbocycles. The molecule has 2 aromatic rings. The first kappa shape index (κ1) is 14.8. The van der Waals surface area contributed by atoms with Crippen molar-refractivity contribution in [3.63, 3.8) is 0 Å². The van der Waals surface area contributed by atoms with Gasteiger partial charge in [-0.3, -0.25) is 9.59 Å². The molecule has 0 fully saturated rings. The molecule has 21 heavy (non-hydrogen) atoms. The minimum Gasteiger partial charge on any atom is -0.466 e. The zero-order valence-corrected chi connectivity index (χ0v) is 12.0. The Kier molecular flexibility index (Phi) is 4.77. The van der Waals surface area contributed by atoms with Crippen molar-refractivity contribution in [2.75, 3.05) is 6.54 Å². The lowest BCUT2D eigenvalue weighted by molar-refractivity contribution is -0.143. The fourth-order valence-electron chi connectivity index (χ4n) is 1.89. The van der Waals surface area contributed by atoms with Gasteiger partial charge in [0.1, 0.15) is 24.7 Å². The van der Waals surface area contributed by atoms with Gasteiger partial charge in [0.15, 0.2) is 0 Å². The molecule has 0 atom stereocenters. The highest BCUT2D eigenvalue weighted by atomic mass is 16.5. The summed E-state index contributed by atoms with van der Waals surface area (Å²) in [7, 11) is 0. The van der Waals surface area contributed by atoms with E-state index in [1.807, 2.05) is 30.3 Å². The van der Waals surface area contributed by atoms with Crippen LogP contribution in [0.4, 0.5) is 0 Å². The van der Waals surface area contributed by atoms with E-state index in [4.69, 9.17) is 9.15 Å². The first-order valence-electron chi connectivity index (χ1n) is 6.61. The number of nitrogens with one attached hydrogen (secondary N) is 1. The van der Waals surface area contributed by atoms with Crippen LogP contribution >= 0.6 is 0 Å². The molecule has 0 saturated heterocycles. The zero-order valence-electron chi connectivity index (χ0n) is 12.0. The van der Waals surface area contributed by atoms with Crippen molar-refractivity contribution < 1.29 is 18.7 Å². The van der Waals surface area contributed by atoms with Crippen LogP contribution in [0.5, 0.6) is 0 Å². The predicted octanol–water partition coefficient (Wildman–Crippen LogP) is 2.37. The van der Waals surface area contributed by atoms with Gasteiger partial charge in [0.05, 0.1) is 5.56 Å². The number of esters is 1. The summed E-state index contributed by atoms with van der Waals surface area (Å²) in [6.07, 6.45) is 0. The van der Waals surface area contributed by atoms with Gasteiger partial charge in [-0.25, -0.2) is 0 Å². The first-order valence-corrected chi connectivity index (χ1v) is 6.61. The van der Waals surface area contributed by atoms with Crippen molar-refractivity contribution in [2.24, 2.45) is 0 Å². The standard InChI is InChI=1S/C16H17NO4/c1-11-8-14(12(2)21-11)16(19)17-9-15(18)20-10-13-6-4-3-5-7-13/h3-8H,9-10H2,1-2H3,(H,17,19). The van der Waals surface area contributed by atoms with E-state index in [1.54, 1.807) is 19.9 Å². The van der Waals surface area contributed by atoms with Crippen molar-refractivity contribution in [2.45, 2.75) is 20.5 Å². The van der Waals surface area contributed by atoms with Crippen molar-refractivity contribution in [1.29, 1.82) is 0 Å². The number of aryl methyl sites for hydroxylation is 2. The molecular weight excluding hydrogens is 270 g/mol. The average molecular weight is 287 g/mol. The highest BCUT2D eigenvalue weighted by Gasteiger charge is 2.14. The third-order valence-electron chi connectivity index (χ3n) is 2.92. The molecule has 0 aliphatic heterocycles. The van der Waals surface area contributed by atoms with E-state index in [-0.39, 0.29) is 19.1 Å². The summed E-state index contributed by atoms with van der Waals surface area (Å²) in [5, 5.41) is 2.52. The molecule has 0 unspecified atom stereocenters. The number of benzene rings is 1. The van der Waals surface area contributed by atoms with Crippen LogP contribution in [-0.2, 0) is 16.1 Å². The SMILES string of the molecule is Cc1cc(C(=O)NCC(=O)OCc2ccccc2)c(C)o1. The van der Waals surface area contributed by atoms with Crippen molar-refractivity contribution in [3.8, 4) is 0 Å². The summed E-state index contributed by atoms with van der Waals surface area (Å²) >= 11 is 0. The van der Waals surface area contributed by atoms with Gasteiger partial charge in [-0.1, -0.05) is 30.3 Å². The molecule has 1 aromatic carbocycles. The normalized spacial score (nSPS) is 10.2. The molecule has 0 aliphatic rings. The van der Waals surface area contributed by atoms with E-state index < -0.39 is 5.97 Å². The fraction of sp³-hybridized carbons (Fsp3) is 0.250. The van der Waals surface area contributed by atoms with Crippen LogP contribution in [0.2, 0.25) is 0 Å². The summed E-state index contributed by atoms with van der Waals surface area (Å²) in [6.45, 7) is 3.49. The van der Waals surface area contributed by atoms with Gasteiger partial charge in [-0.05, 0) is 25.5 Å². The largest absolute Gasteiger partial charge is 0.466 e. The number of rotatable bonds is 5. The Labute approximate surface area is 122 Å². The Bertz CT molecular complexity index is 631. The zero-order chi connectivity index (χ0) is 15.2. The van der Waals surface area contributed by atoms with Gasteiger partial charge < -0.3 is 14.5 Å². The molecule has 0 radical (unpaired) electrons. The molecule has 1 heterocycles. The second-order valence-electron chi connectivity index (χ2n) is 4.66. The van der Waals surface area contributed by atoms with Gasteiger partial charge in [0.25, 0.3) is 5.91 Å². The fourth-order valence-corrected chi connectivity index (χ4v) is 1.89. The minimum absolute atomic E-state index is 0.171. The maximum absolute atomic E-state index is 11.9. The van der Waals surface area contributed by atoms with E-state index in [0.29, 0.717) is 17.1 Å². The molecule has 5 nitrogen and oxygen atoms in total. The molecule has 1 aromatic heterocycles. The van der Waals surface area contributed by atoms with Crippen LogP contribution in [0.3, 0.4) is 0 Å². The van der Waals surface area contributed by atoms with E-state index in [0.717, 1.165) is 5.56 Å². The smallest absolute Gasteiger partial charge is 0.325 e. The lowest BCUT2D eigenvalue weighted by Gasteiger charge is -2.06. The number of hydrogen-bond donors (Lipinski definition) is 1. The number of amides is 1. The van der Waals surface area contributed by atoms with Crippen molar-refractivity contribution in [1.82, 2.24) is 5.32 Å². The number of carbonyl (C=O) groups excluding carboxylic acids is 2. The second-order valence-corrected chi connectivity index (χ2v) is 4.66. The number of ether oxygens (including phenoxy) is 1. The minimum atomic E-state index is -0.481. The number of carbonyl (C=O) groups is 2. The van der Waals surface area contributed by atoms with Crippen LogP contribution in [0.25, 0.3) is 0 Å². The van der Waals surface area contributed by atoms with Gasteiger partial charge in [0, 0.05) is 0 Å². The van der Waals surface area contributed by atoms with Gasteiger partial charge in [0.2, 0.25) is 0 Å². The van der Waals surface area contributed by atoms with E-state index in [2.05, 4.69) is 5.32 Å². The predicted molar refractivity (Wildman–Crippen MR) is 76.8 cm³/mol. The van der Waals surface area contributed by atoms with Crippen molar-refractivity contribution in [3.05, 3.63) is 59.0 Å². The van der Waals surface area contributed by atoms with E-state index in [9.17, 15) is 9.59 Å². The molecule has 0 saturated carbocycles. The summed E-state index contributed by atoms with van der Waals surface area (Å²) in [5.74, 6) is 0.359. The third kappa shape index (κ3) is 4.21. The molecule has 0 bridgehead atoms. The number of hydrogen-bond acceptors (Lipinski definition) is 4. The average Bonchev–Trinajstić information content (AvgIpc) is 2.82. The van der Waals surface area contributed by atoms with Crippen LogP contribution in [0, 0.1) is 13.8 Å². The quantitative estimate of drug-likeness (QED) is 0.857.